The molecule has 0 bridgehead atoms. The van der Waals surface area contributed by atoms with Gasteiger partial charge < -0.3 is 25.1 Å². The summed E-state index contributed by atoms with van der Waals surface area (Å²) in [5.74, 6) is -1.53. The lowest BCUT2D eigenvalue weighted by molar-refractivity contribution is -0.125. The van der Waals surface area contributed by atoms with Gasteiger partial charge in [-0.25, -0.2) is 4.79 Å². The Kier molecular flexibility index (Phi) is 4.52. The van der Waals surface area contributed by atoms with Crippen molar-refractivity contribution in [2.75, 3.05) is 13.7 Å². The average molecular weight is 451 g/mol. The SMILES string of the molecule is COc1ccc2c(c1)C(=O)N(CC1(c3cc4c(o3)C(C)C(C(N)=O)C=N4)NC(=O)NC1=O)C2. The summed E-state index contributed by atoms with van der Waals surface area (Å²) in [4.78, 5) is 55.7. The normalized spacial score (nSPS) is 25.5. The van der Waals surface area contributed by atoms with Gasteiger partial charge in [-0.1, -0.05) is 13.0 Å². The third-order valence-corrected chi connectivity index (χ3v) is 6.38. The predicted octanol–water partition coefficient (Wildman–Crippen LogP) is 0.900. The molecule has 3 unspecified atom stereocenters. The summed E-state index contributed by atoms with van der Waals surface area (Å²) in [7, 11) is 1.51. The van der Waals surface area contributed by atoms with Crippen LogP contribution < -0.4 is 21.1 Å². The van der Waals surface area contributed by atoms with Gasteiger partial charge in [0.05, 0.1) is 19.6 Å². The number of nitrogens with two attached hydrogens (primary N) is 1. The van der Waals surface area contributed by atoms with Crippen LogP contribution in [0.2, 0.25) is 0 Å². The summed E-state index contributed by atoms with van der Waals surface area (Å²) >= 11 is 0. The Bertz CT molecular complexity index is 1250. The zero-order valence-corrected chi connectivity index (χ0v) is 17.9. The molecule has 5 rings (SSSR count). The molecule has 4 heterocycles. The van der Waals surface area contributed by atoms with E-state index in [1.165, 1.54) is 18.2 Å². The number of hydrogen-bond donors (Lipinski definition) is 3. The van der Waals surface area contributed by atoms with Gasteiger partial charge in [0.2, 0.25) is 5.91 Å². The Morgan fingerprint density at radius 1 is 1.33 bits per heavy atom. The van der Waals surface area contributed by atoms with Gasteiger partial charge in [0, 0.05) is 30.3 Å². The number of fused-ring (bicyclic) bond motifs is 2. The Balaban J connectivity index is 1.52. The van der Waals surface area contributed by atoms with Crippen LogP contribution in [0.15, 0.2) is 33.7 Å². The molecular formula is C22H21N5O6. The van der Waals surface area contributed by atoms with Crippen molar-refractivity contribution in [2.45, 2.75) is 24.9 Å². The summed E-state index contributed by atoms with van der Waals surface area (Å²) in [6.45, 7) is 1.85. The van der Waals surface area contributed by atoms with Gasteiger partial charge in [-0.2, -0.15) is 0 Å². The Labute approximate surface area is 187 Å². The van der Waals surface area contributed by atoms with Crippen molar-refractivity contribution in [3.63, 3.8) is 0 Å². The van der Waals surface area contributed by atoms with E-state index in [9.17, 15) is 19.2 Å². The monoisotopic (exact) mass is 451 g/mol. The van der Waals surface area contributed by atoms with Crippen molar-refractivity contribution in [3.8, 4) is 5.75 Å². The number of nitrogens with one attached hydrogen (secondary N) is 2. The smallest absolute Gasteiger partial charge is 0.322 e. The van der Waals surface area contributed by atoms with Gasteiger partial charge in [-0.3, -0.25) is 24.7 Å². The van der Waals surface area contributed by atoms with E-state index < -0.39 is 35.2 Å². The molecular weight excluding hydrogens is 430 g/mol. The lowest BCUT2D eigenvalue weighted by Gasteiger charge is -2.29. The number of imide groups is 1. The van der Waals surface area contributed by atoms with Crippen LogP contribution in [-0.2, 0) is 21.7 Å². The summed E-state index contributed by atoms with van der Waals surface area (Å²) in [5, 5.41) is 4.87. The molecule has 5 amide bonds. The molecule has 3 atom stereocenters. The highest BCUT2D eigenvalue weighted by Crippen LogP contribution is 2.42. The van der Waals surface area contributed by atoms with Gasteiger partial charge in [0.15, 0.2) is 5.54 Å². The van der Waals surface area contributed by atoms with Gasteiger partial charge in [-0.15, -0.1) is 0 Å². The topological polar surface area (TPSA) is 156 Å². The second-order valence-corrected chi connectivity index (χ2v) is 8.35. The fourth-order valence-electron chi connectivity index (χ4n) is 4.54. The maximum atomic E-state index is 13.1. The summed E-state index contributed by atoms with van der Waals surface area (Å²) in [5.41, 5.74) is 5.47. The number of nitrogens with zero attached hydrogens (tertiary/aromatic N) is 2. The van der Waals surface area contributed by atoms with Crippen LogP contribution >= 0.6 is 0 Å². The number of methoxy groups -OCH3 is 1. The molecule has 0 saturated carbocycles. The van der Waals surface area contributed by atoms with Crippen LogP contribution in [0.1, 0.15) is 40.3 Å². The number of primary amides is 1. The van der Waals surface area contributed by atoms with E-state index in [4.69, 9.17) is 14.9 Å². The van der Waals surface area contributed by atoms with E-state index in [0.717, 1.165) is 5.56 Å². The zero-order chi connectivity index (χ0) is 23.5. The molecule has 1 saturated heterocycles. The quantitative estimate of drug-likeness (QED) is 0.574. The summed E-state index contributed by atoms with van der Waals surface area (Å²) in [6, 6.07) is 6.03. The number of carbonyl (C=O) groups is 4. The van der Waals surface area contributed by atoms with Crippen molar-refractivity contribution < 1.29 is 28.3 Å². The molecule has 3 aliphatic heterocycles. The van der Waals surface area contributed by atoms with E-state index >= 15 is 0 Å². The third kappa shape index (κ3) is 3.07. The first-order valence-corrected chi connectivity index (χ1v) is 10.3. The molecule has 1 aromatic heterocycles. The Hall–Kier alpha value is -4.15. The standard InChI is InChI=1S/C22H21N5O6/c1-10-14(18(23)28)7-24-15-6-16(33-17(10)15)22(20(30)25-21(31)26-22)9-27-8-11-3-4-12(32-2)5-13(11)19(27)29/h3-7,10,14H,8-9H2,1-2H3,(H2,23,28)(H2,25,26,30,31). The maximum Gasteiger partial charge on any atom is 0.322 e. The molecule has 11 nitrogen and oxygen atoms in total. The minimum absolute atomic E-state index is 0.117. The van der Waals surface area contributed by atoms with Crippen LogP contribution in [0, 0.1) is 5.92 Å². The van der Waals surface area contributed by atoms with Gasteiger partial charge in [-0.05, 0) is 17.7 Å². The molecule has 1 fully saturated rings. The lowest BCUT2D eigenvalue weighted by Crippen LogP contribution is -2.52. The lowest BCUT2D eigenvalue weighted by atomic mass is 9.89. The van der Waals surface area contributed by atoms with Crippen LogP contribution in [0.5, 0.6) is 5.75 Å². The second kappa shape index (κ2) is 7.19. The molecule has 4 N–H and O–H groups in total. The summed E-state index contributed by atoms with van der Waals surface area (Å²) in [6.07, 6.45) is 1.45. The number of hydrogen-bond acceptors (Lipinski definition) is 7. The van der Waals surface area contributed by atoms with Gasteiger partial charge >= 0.3 is 6.03 Å². The first-order chi connectivity index (χ1) is 15.7. The van der Waals surface area contributed by atoms with E-state index in [0.29, 0.717) is 22.8 Å². The number of carbonyl (C=O) groups excluding carboxylic acids is 4. The number of aliphatic imine (C=N–C) groups is 1. The summed E-state index contributed by atoms with van der Waals surface area (Å²) < 4.78 is 11.2. The largest absolute Gasteiger partial charge is 0.497 e. The number of benzene rings is 1. The van der Waals surface area contributed by atoms with Gasteiger partial charge in [0.25, 0.3) is 11.8 Å². The van der Waals surface area contributed by atoms with Crippen LogP contribution in [0.3, 0.4) is 0 Å². The first-order valence-electron chi connectivity index (χ1n) is 10.3. The van der Waals surface area contributed by atoms with Crippen molar-refractivity contribution in [1.82, 2.24) is 15.5 Å². The number of rotatable bonds is 5. The van der Waals surface area contributed by atoms with Crippen LogP contribution in [0.4, 0.5) is 10.5 Å². The highest BCUT2D eigenvalue weighted by Gasteiger charge is 2.53. The minimum Gasteiger partial charge on any atom is -0.497 e. The van der Waals surface area contributed by atoms with Crippen molar-refractivity contribution >= 4 is 35.7 Å². The molecule has 33 heavy (non-hydrogen) atoms. The molecule has 170 valence electrons. The number of urea groups is 1. The van der Waals surface area contributed by atoms with E-state index in [1.807, 2.05) is 0 Å². The molecule has 0 aliphatic carbocycles. The average Bonchev–Trinajstić information content (AvgIpc) is 3.43. The molecule has 1 aromatic carbocycles. The van der Waals surface area contributed by atoms with Gasteiger partial charge in [0.1, 0.15) is 23.0 Å². The molecule has 3 aliphatic rings. The zero-order valence-electron chi connectivity index (χ0n) is 17.9. The predicted molar refractivity (Wildman–Crippen MR) is 114 cm³/mol. The molecule has 0 radical (unpaired) electrons. The molecule has 2 aromatic rings. The first kappa shape index (κ1) is 20.7. The number of amides is 5. The third-order valence-electron chi connectivity index (χ3n) is 6.38. The number of furan rings is 1. The Morgan fingerprint density at radius 3 is 2.79 bits per heavy atom. The Morgan fingerprint density at radius 2 is 2.12 bits per heavy atom. The molecule has 11 heteroatoms. The van der Waals surface area contributed by atoms with E-state index in [2.05, 4.69) is 15.6 Å². The maximum absolute atomic E-state index is 13.1. The fourth-order valence-corrected chi connectivity index (χ4v) is 4.54. The van der Waals surface area contributed by atoms with E-state index in [1.54, 1.807) is 31.2 Å². The fraction of sp³-hybridized carbons (Fsp3) is 0.318. The highest BCUT2D eigenvalue weighted by molar-refractivity contribution is 6.08. The number of ether oxygens (including phenoxy) is 1. The van der Waals surface area contributed by atoms with Crippen molar-refractivity contribution in [1.29, 1.82) is 0 Å². The highest BCUT2D eigenvalue weighted by atomic mass is 16.5. The second-order valence-electron chi connectivity index (χ2n) is 8.35. The van der Waals surface area contributed by atoms with E-state index in [-0.39, 0.29) is 24.8 Å². The van der Waals surface area contributed by atoms with Crippen LogP contribution in [-0.4, -0.2) is 48.5 Å². The van der Waals surface area contributed by atoms with Crippen molar-refractivity contribution in [2.24, 2.45) is 16.6 Å². The van der Waals surface area contributed by atoms with Crippen LogP contribution in [0.25, 0.3) is 0 Å². The minimum atomic E-state index is -1.66. The molecule has 0 spiro atoms. The van der Waals surface area contributed by atoms with Crippen molar-refractivity contribution in [3.05, 3.63) is 46.9 Å².